The Morgan fingerprint density at radius 3 is 1.41 bits per heavy atom. The van der Waals surface area contributed by atoms with Gasteiger partial charge in [0.1, 0.15) is 11.2 Å². The van der Waals surface area contributed by atoms with Crippen LogP contribution in [0.1, 0.15) is 24.7 Å². The molecule has 10 rings (SSSR count). The maximum atomic E-state index is 9.63. The summed E-state index contributed by atoms with van der Waals surface area (Å²) in [6.07, 6.45) is 0. The van der Waals surface area contributed by atoms with Crippen LogP contribution in [-0.4, -0.2) is 0 Å². The number of rotatable bonds is 5. The van der Waals surface area contributed by atoms with Gasteiger partial charge in [0.25, 0.3) is 0 Å². The topological polar surface area (TPSA) is 13.1 Å². The van der Waals surface area contributed by atoms with E-state index in [1.807, 2.05) is 42.5 Å². The summed E-state index contributed by atoms with van der Waals surface area (Å²) < 4.78 is 168. The summed E-state index contributed by atoms with van der Waals surface area (Å²) in [6, 6.07) is 11.5. The first-order chi connectivity index (χ1) is 32.8. The summed E-state index contributed by atoms with van der Waals surface area (Å²) in [5.74, 6) is 0. The molecule has 0 aliphatic rings. The summed E-state index contributed by atoms with van der Waals surface area (Å²) in [4.78, 5) is 0. The molecule has 0 amide bonds. The molecule has 0 N–H and O–H groups in total. The van der Waals surface area contributed by atoms with Crippen LogP contribution in [0.3, 0.4) is 0 Å². The molecule has 0 aliphatic carbocycles. The highest BCUT2D eigenvalue weighted by molar-refractivity contribution is 6.23. The highest BCUT2D eigenvalue weighted by atomic mass is 16.3. The largest absolute Gasteiger partial charge is 0.456 e. The average Bonchev–Trinajstić information content (AvgIpc) is 3.73. The van der Waals surface area contributed by atoms with Gasteiger partial charge >= 0.3 is 0 Å². The van der Waals surface area contributed by atoms with Crippen molar-refractivity contribution in [3.05, 3.63) is 194 Å². The van der Waals surface area contributed by atoms with Crippen LogP contribution < -0.4 is 0 Å². The Hall–Kier alpha value is -6.70. The van der Waals surface area contributed by atoms with Gasteiger partial charge in [0, 0.05) is 10.8 Å². The standard InChI is InChI=1S/C50H32O/c1-3-14-34(15-4-1)38-23-13-24-39(35-16-5-2-6-17-35)49(38)50-43-21-9-7-19-41(43)48(42-20-8-10-22-44(42)50)36-28-26-33(27-29-36)37-30-31-47-45(32-37)40-18-11-12-25-46(40)51-47/h1-32H/i1D,2D,3D,4D,5D,6D,7D,8D,9D,10D,14D,15D,16D,17D,19D,20D,21D,22D. The van der Waals surface area contributed by atoms with Gasteiger partial charge in [-0.2, -0.15) is 0 Å². The Labute approximate surface area is 322 Å². The third-order valence-electron chi connectivity index (χ3n) is 9.11. The zero-order valence-electron chi connectivity index (χ0n) is 44.5. The maximum absolute atomic E-state index is 9.63. The summed E-state index contributed by atoms with van der Waals surface area (Å²) >= 11 is 0. The van der Waals surface area contributed by atoms with E-state index in [9.17, 15) is 5.48 Å². The lowest BCUT2D eigenvalue weighted by atomic mass is 9.81. The van der Waals surface area contributed by atoms with Crippen LogP contribution in [0.5, 0.6) is 0 Å². The minimum absolute atomic E-state index is 0.00442. The van der Waals surface area contributed by atoms with Crippen molar-refractivity contribution in [2.45, 2.75) is 0 Å². The van der Waals surface area contributed by atoms with Gasteiger partial charge in [-0.1, -0.05) is 175 Å². The maximum Gasteiger partial charge on any atom is 0.135 e. The second-order valence-electron chi connectivity index (χ2n) is 11.9. The van der Waals surface area contributed by atoms with Crippen LogP contribution in [0.25, 0.3) is 99.1 Å². The van der Waals surface area contributed by atoms with Crippen molar-refractivity contribution in [2.24, 2.45) is 0 Å². The molecule has 0 aliphatic heterocycles. The quantitative estimate of drug-likeness (QED) is 0.167. The second-order valence-corrected chi connectivity index (χ2v) is 11.9. The predicted molar refractivity (Wildman–Crippen MR) is 216 cm³/mol. The average molecular weight is 667 g/mol. The van der Waals surface area contributed by atoms with Crippen molar-refractivity contribution in [3.63, 3.8) is 0 Å². The van der Waals surface area contributed by atoms with Gasteiger partial charge in [0.05, 0.1) is 24.7 Å². The van der Waals surface area contributed by atoms with E-state index in [1.165, 1.54) is 18.2 Å². The molecule has 0 bridgehead atoms. The van der Waals surface area contributed by atoms with E-state index < -0.39 is 120 Å². The summed E-state index contributed by atoms with van der Waals surface area (Å²) in [6.45, 7) is 0. The molecule has 0 radical (unpaired) electrons. The highest BCUT2D eigenvalue weighted by Crippen LogP contribution is 2.49. The highest BCUT2D eigenvalue weighted by Gasteiger charge is 2.22. The van der Waals surface area contributed by atoms with Gasteiger partial charge in [-0.15, -0.1) is 0 Å². The number of benzene rings is 9. The molecular weight excluding hydrogens is 617 g/mol. The fourth-order valence-electron chi connectivity index (χ4n) is 6.91. The van der Waals surface area contributed by atoms with Gasteiger partial charge in [-0.3, -0.25) is 0 Å². The van der Waals surface area contributed by atoms with Crippen molar-refractivity contribution in [2.75, 3.05) is 0 Å². The molecule has 0 unspecified atom stereocenters. The molecule has 238 valence electrons. The minimum atomic E-state index is -0.749. The van der Waals surface area contributed by atoms with Crippen molar-refractivity contribution >= 4 is 43.5 Å². The lowest BCUT2D eigenvalue weighted by molar-refractivity contribution is 0.669. The summed E-state index contributed by atoms with van der Waals surface area (Å²) in [5, 5.41) is 0.728. The van der Waals surface area contributed by atoms with Gasteiger partial charge in [-0.25, -0.2) is 0 Å². The van der Waals surface area contributed by atoms with Gasteiger partial charge < -0.3 is 4.42 Å². The second kappa shape index (κ2) is 12.0. The van der Waals surface area contributed by atoms with Gasteiger partial charge in [0.2, 0.25) is 0 Å². The molecule has 10 aromatic rings. The third kappa shape index (κ3) is 4.86. The third-order valence-corrected chi connectivity index (χ3v) is 9.11. The molecule has 0 saturated heterocycles. The molecule has 1 heterocycles. The van der Waals surface area contributed by atoms with Crippen molar-refractivity contribution < 1.29 is 29.1 Å². The van der Waals surface area contributed by atoms with Crippen molar-refractivity contribution in [3.8, 4) is 55.6 Å². The fourth-order valence-corrected chi connectivity index (χ4v) is 6.91. The van der Waals surface area contributed by atoms with Gasteiger partial charge in [-0.05, 0) is 95.4 Å². The first-order valence-electron chi connectivity index (χ1n) is 25.0. The zero-order valence-corrected chi connectivity index (χ0v) is 26.5. The van der Waals surface area contributed by atoms with Crippen molar-refractivity contribution in [1.29, 1.82) is 0 Å². The fraction of sp³-hybridized carbons (Fsp3) is 0. The Kier molecular flexibility index (Phi) is 3.85. The van der Waals surface area contributed by atoms with E-state index in [4.69, 9.17) is 23.6 Å². The normalized spacial score (nSPS) is 16.5. The van der Waals surface area contributed by atoms with E-state index >= 15 is 0 Å². The lowest BCUT2D eigenvalue weighted by Crippen LogP contribution is -1.95. The van der Waals surface area contributed by atoms with Crippen LogP contribution in [0, 0.1) is 0 Å². The Morgan fingerprint density at radius 1 is 0.314 bits per heavy atom. The minimum Gasteiger partial charge on any atom is -0.456 e. The molecule has 0 fully saturated rings. The number of hydrogen-bond donors (Lipinski definition) is 0. The predicted octanol–water partition coefficient (Wildman–Crippen LogP) is 14.2. The van der Waals surface area contributed by atoms with E-state index in [1.54, 1.807) is 24.3 Å². The Bertz CT molecular complexity index is 3710. The monoisotopic (exact) mass is 666 g/mol. The smallest absolute Gasteiger partial charge is 0.135 e. The molecular formula is C50H32O. The Balaban J connectivity index is 1.41. The zero-order chi connectivity index (χ0) is 49.4. The first-order valence-corrected chi connectivity index (χ1v) is 16.0. The molecule has 0 atom stereocenters. The molecule has 1 heteroatoms. The van der Waals surface area contributed by atoms with Crippen LogP contribution in [0.15, 0.2) is 198 Å². The molecule has 1 nitrogen and oxygen atoms in total. The number of para-hydroxylation sites is 1. The lowest BCUT2D eigenvalue weighted by Gasteiger charge is -2.22. The molecule has 1 aromatic heterocycles. The van der Waals surface area contributed by atoms with Crippen LogP contribution in [0.4, 0.5) is 0 Å². The molecule has 51 heavy (non-hydrogen) atoms. The Morgan fingerprint density at radius 2 is 0.804 bits per heavy atom. The van der Waals surface area contributed by atoms with Crippen LogP contribution in [0.2, 0.25) is 0 Å². The molecule has 9 aromatic carbocycles. The van der Waals surface area contributed by atoms with Crippen LogP contribution in [-0.2, 0) is 0 Å². The van der Waals surface area contributed by atoms with E-state index in [0.717, 1.165) is 21.9 Å². The molecule has 0 saturated carbocycles. The molecule has 0 spiro atoms. The number of furan rings is 1. The number of hydrogen-bond acceptors (Lipinski definition) is 1. The first kappa shape index (κ1) is 16.3. The summed E-state index contributed by atoms with van der Waals surface area (Å²) in [5.41, 5.74) is 1.28. The van der Waals surface area contributed by atoms with E-state index in [-0.39, 0.29) is 54.9 Å². The van der Waals surface area contributed by atoms with Crippen molar-refractivity contribution in [1.82, 2.24) is 0 Å². The SMILES string of the molecule is [2H]c1c([2H])c([2H])c(-c2cccc(-c3c([2H])c([2H])c([2H])c([2H])c3[2H])c2-c2c3c([2H])c([2H])c([2H])c([2H])c3c(-c3ccc(-c4ccc5oc6ccccc6c5c4)cc3)c3c([2H])c([2H])c([2H])c([2H])c23)c([2H])c1[2H]. The van der Waals surface area contributed by atoms with E-state index in [2.05, 4.69) is 0 Å². The van der Waals surface area contributed by atoms with Crippen LogP contribution >= 0.6 is 0 Å². The van der Waals surface area contributed by atoms with E-state index in [0.29, 0.717) is 11.2 Å². The van der Waals surface area contributed by atoms with Gasteiger partial charge in [0.15, 0.2) is 0 Å². The summed E-state index contributed by atoms with van der Waals surface area (Å²) in [7, 11) is 0. The number of fused-ring (bicyclic) bond motifs is 5.